The Morgan fingerprint density at radius 2 is 1.80 bits per heavy atom. The van der Waals surface area contributed by atoms with Crippen molar-refractivity contribution in [2.45, 2.75) is 13.8 Å². The fourth-order valence-corrected chi connectivity index (χ4v) is 1.23. The minimum atomic E-state index is 0.388. The van der Waals surface area contributed by atoms with Gasteiger partial charge in [0.2, 0.25) is 0 Å². The van der Waals surface area contributed by atoms with Crippen molar-refractivity contribution >= 4 is 5.82 Å². The Hall–Kier alpha value is -2.04. The van der Waals surface area contributed by atoms with Gasteiger partial charge in [-0.1, -0.05) is 0 Å². The molecular weight excluding hydrogens is 190 g/mol. The lowest BCUT2D eigenvalue weighted by molar-refractivity contribution is 1.05. The number of rotatable bonds is 1. The van der Waals surface area contributed by atoms with Crippen LogP contribution in [0.4, 0.5) is 5.82 Å². The summed E-state index contributed by atoms with van der Waals surface area (Å²) in [5, 5.41) is 0. The highest BCUT2D eigenvalue weighted by Crippen LogP contribution is 2.19. The summed E-state index contributed by atoms with van der Waals surface area (Å²) < 4.78 is 0. The summed E-state index contributed by atoms with van der Waals surface area (Å²) in [5.41, 5.74) is 8.70. The van der Waals surface area contributed by atoms with E-state index in [0.717, 1.165) is 11.4 Å². The zero-order valence-electron chi connectivity index (χ0n) is 8.60. The van der Waals surface area contributed by atoms with E-state index in [4.69, 9.17) is 5.73 Å². The molecule has 0 unspecified atom stereocenters. The molecule has 15 heavy (non-hydrogen) atoms. The molecule has 0 amide bonds. The molecule has 2 aromatic rings. The van der Waals surface area contributed by atoms with Gasteiger partial charge in [-0.3, -0.25) is 9.97 Å². The lowest BCUT2D eigenvalue weighted by atomic mass is 10.2. The highest BCUT2D eigenvalue weighted by atomic mass is 14.9. The van der Waals surface area contributed by atoms with Gasteiger partial charge in [-0.15, -0.1) is 0 Å². The molecule has 76 valence electrons. The summed E-state index contributed by atoms with van der Waals surface area (Å²) in [6.07, 6.45) is 4.83. The molecule has 5 heteroatoms. The van der Waals surface area contributed by atoms with Crippen molar-refractivity contribution in [2.75, 3.05) is 5.73 Å². The molecule has 0 atom stereocenters. The number of hydrogen-bond acceptors (Lipinski definition) is 5. The third-order valence-electron chi connectivity index (χ3n) is 2.14. The number of nitrogen functional groups attached to an aromatic ring is 1. The molecule has 0 aliphatic rings. The first kappa shape index (κ1) is 9.51. The van der Waals surface area contributed by atoms with E-state index in [0.29, 0.717) is 17.2 Å². The molecule has 0 radical (unpaired) electrons. The molecule has 0 spiro atoms. The van der Waals surface area contributed by atoms with Gasteiger partial charge in [0, 0.05) is 12.4 Å². The van der Waals surface area contributed by atoms with Gasteiger partial charge in [0.15, 0.2) is 5.82 Å². The van der Waals surface area contributed by atoms with Crippen LogP contribution in [0.15, 0.2) is 18.6 Å². The van der Waals surface area contributed by atoms with Crippen LogP contribution in [0.5, 0.6) is 0 Å². The normalized spacial score (nSPS) is 10.3. The Morgan fingerprint density at radius 1 is 1.07 bits per heavy atom. The zero-order valence-corrected chi connectivity index (χ0v) is 8.60. The SMILES string of the molecule is Cc1nc(N)c(-c2cnccn2)nc1C. The van der Waals surface area contributed by atoms with E-state index in [-0.39, 0.29) is 0 Å². The number of nitrogens with zero attached hydrogens (tertiary/aromatic N) is 4. The molecule has 0 bridgehead atoms. The van der Waals surface area contributed by atoms with Gasteiger partial charge in [-0.2, -0.15) is 0 Å². The Kier molecular flexibility index (Phi) is 2.29. The van der Waals surface area contributed by atoms with E-state index in [2.05, 4.69) is 19.9 Å². The highest BCUT2D eigenvalue weighted by molar-refractivity contribution is 5.65. The number of aromatic nitrogens is 4. The highest BCUT2D eigenvalue weighted by Gasteiger charge is 2.09. The van der Waals surface area contributed by atoms with Gasteiger partial charge < -0.3 is 5.73 Å². The topological polar surface area (TPSA) is 77.6 Å². The smallest absolute Gasteiger partial charge is 0.152 e. The predicted octanol–water partition coefficient (Wildman–Crippen LogP) is 1.13. The molecule has 2 aromatic heterocycles. The van der Waals surface area contributed by atoms with Crippen LogP contribution >= 0.6 is 0 Å². The molecule has 0 saturated carbocycles. The van der Waals surface area contributed by atoms with E-state index in [1.807, 2.05) is 13.8 Å². The third kappa shape index (κ3) is 1.76. The summed E-state index contributed by atoms with van der Waals surface area (Å²) in [6.45, 7) is 3.76. The van der Waals surface area contributed by atoms with Crippen LogP contribution in [-0.4, -0.2) is 19.9 Å². The minimum Gasteiger partial charge on any atom is -0.382 e. The predicted molar refractivity (Wildman–Crippen MR) is 56.9 cm³/mol. The maximum absolute atomic E-state index is 5.78. The van der Waals surface area contributed by atoms with Gasteiger partial charge in [0.1, 0.15) is 11.4 Å². The van der Waals surface area contributed by atoms with Crippen molar-refractivity contribution < 1.29 is 0 Å². The first-order chi connectivity index (χ1) is 7.18. The second-order valence-electron chi connectivity index (χ2n) is 3.22. The second-order valence-corrected chi connectivity index (χ2v) is 3.22. The first-order valence-electron chi connectivity index (χ1n) is 4.55. The fourth-order valence-electron chi connectivity index (χ4n) is 1.23. The Morgan fingerprint density at radius 3 is 2.47 bits per heavy atom. The van der Waals surface area contributed by atoms with Crippen molar-refractivity contribution in [3.63, 3.8) is 0 Å². The van der Waals surface area contributed by atoms with Crippen molar-refractivity contribution in [1.82, 2.24) is 19.9 Å². The van der Waals surface area contributed by atoms with E-state index in [9.17, 15) is 0 Å². The van der Waals surface area contributed by atoms with E-state index < -0.39 is 0 Å². The summed E-state index contributed by atoms with van der Waals surface area (Å²) in [4.78, 5) is 16.7. The van der Waals surface area contributed by atoms with Crippen LogP contribution in [0, 0.1) is 13.8 Å². The molecule has 2 N–H and O–H groups in total. The Balaban J connectivity index is 2.59. The van der Waals surface area contributed by atoms with E-state index >= 15 is 0 Å². The monoisotopic (exact) mass is 201 g/mol. The van der Waals surface area contributed by atoms with Gasteiger partial charge in [-0.25, -0.2) is 9.97 Å². The molecule has 2 rings (SSSR count). The zero-order chi connectivity index (χ0) is 10.8. The Labute approximate surface area is 87.4 Å². The molecule has 0 fully saturated rings. The molecular formula is C10H11N5. The summed E-state index contributed by atoms with van der Waals surface area (Å²) >= 11 is 0. The molecule has 2 heterocycles. The van der Waals surface area contributed by atoms with Crippen molar-refractivity contribution in [2.24, 2.45) is 0 Å². The average Bonchev–Trinajstić information content (AvgIpc) is 2.25. The van der Waals surface area contributed by atoms with E-state index in [1.54, 1.807) is 18.6 Å². The molecule has 0 aromatic carbocycles. The first-order valence-corrected chi connectivity index (χ1v) is 4.55. The van der Waals surface area contributed by atoms with Gasteiger partial charge in [0.05, 0.1) is 17.6 Å². The molecule has 0 aliphatic heterocycles. The van der Waals surface area contributed by atoms with Crippen LogP contribution in [0.3, 0.4) is 0 Å². The standard InChI is InChI=1S/C10H11N5/c1-6-7(2)15-10(11)9(14-6)8-5-12-3-4-13-8/h3-5H,1-2H3,(H2,11,15). The number of anilines is 1. The fraction of sp³-hybridized carbons (Fsp3) is 0.200. The number of aryl methyl sites for hydroxylation is 2. The van der Waals surface area contributed by atoms with Crippen LogP contribution < -0.4 is 5.73 Å². The van der Waals surface area contributed by atoms with Gasteiger partial charge >= 0.3 is 0 Å². The minimum absolute atomic E-state index is 0.388. The largest absolute Gasteiger partial charge is 0.382 e. The molecule has 5 nitrogen and oxygen atoms in total. The lowest BCUT2D eigenvalue weighted by Crippen LogP contribution is -2.03. The maximum Gasteiger partial charge on any atom is 0.152 e. The van der Waals surface area contributed by atoms with Gasteiger partial charge in [-0.05, 0) is 13.8 Å². The van der Waals surface area contributed by atoms with Crippen LogP contribution in [0.25, 0.3) is 11.4 Å². The van der Waals surface area contributed by atoms with Crippen molar-refractivity contribution in [3.05, 3.63) is 30.0 Å². The van der Waals surface area contributed by atoms with E-state index in [1.165, 1.54) is 0 Å². The molecule has 0 saturated heterocycles. The van der Waals surface area contributed by atoms with Crippen LogP contribution in [0.1, 0.15) is 11.4 Å². The lowest BCUT2D eigenvalue weighted by Gasteiger charge is -2.05. The number of hydrogen-bond donors (Lipinski definition) is 1. The second kappa shape index (κ2) is 3.61. The third-order valence-corrected chi connectivity index (χ3v) is 2.14. The summed E-state index contributed by atoms with van der Waals surface area (Å²) in [6, 6.07) is 0. The molecule has 0 aliphatic carbocycles. The van der Waals surface area contributed by atoms with Crippen LogP contribution in [0.2, 0.25) is 0 Å². The summed E-state index contributed by atoms with van der Waals surface area (Å²) in [5.74, 6) is 0.388. The maximum atomic E-state index is 5.78. The van der Waals surface area contributed by atoms with Gasteiger partial charge in [0.25, 0.3) is 0 Å². The summed E-state index contributed by atoms with van der Waals surface area (Å²) in [7, 11) is 0. The number of nitrogens with two attached hydrogens (primary N) is 1. The van der Waals surface area contributed by atoms with Crippen molar-refractivity contribution in [3.8, 4) is 11.4 Å². The van der Waals surface area contributed by atoms with Crippen molar-refractivity contribution in [1.29, 1.82) is 0 Å². The Bertz CT molecular complexity index is 481. The average molecular weight is 201 g/mol. The van der Waals surface area contributed by atoms with Crippen LogP contribution in [-0.2, 0) is 0 Å². The quantitative estimate of drug-likeness (QED) is 0.748.